The molecule has 0 saturated carbocycles. The van der Waals surface area contributed by atoms with Gasteiger partial charge >= 0.3 is 5.97 Å². The van der Waals surface area contributed by atoms with Crippen LogP contribution in [-0.4, -0.2) is 77.1 Å². The van der Waals surface area contributed by atoms with Crippen molar-refractivity contribution < 1.29 is 38.7 Å². The Balaban J connectivity index is 5.31. The van der Waals surface area contributed by atoms with Gasteiger partial charge in [0.15, 0.2) is 0 Å². The molecule has 0 aliphatic carbocycles. The SMILES string of the molecule is CC(C)[C@H](N)C(=O)N[C@@H](CC(=O)O)C(=O)N[C@@H](C)C(=O)N[C@H](C(=O)N[C@H](C=O)CC(N)=O)C(C)C. The second-order valence-corrected chi connectivity index (χ2v) is 8.81. The lowest BCUT2D eigenvalue weighted by Gasteiger charge is -2.26. The van der Waals surface area contributed by atoms with Crippen LogP contribution < -0.4 is 32.7 Å². The van der Waals surface area contributed by atoms with E-state index in [-0.39, 0.29) is 5.92 Å². The Hall–Kier alpha value is -3.55. The molecule has 14 heteroatoms. The van der Waals surface area contributed by atoms with Crippen LogP contribution in [0.15, 0.2) is 0 Å². The highest BCUT2D eigenvalue weighted by Gasteiger charge is 2.31. The van der Waals surface area contributed by atoms with Gasteiger partial charge in [0.25, 0.3) is 0 Å². The molecule has 0 aliphatic heterocycles. The first-order valence-corrected chi connectivity index (χ1v) is 11.0. The highest BCUT2D eigenvalue weighted by atomic mass is 16.4. The van der Waals surface area contributed by atoms with Crippen LogP contribution >= 0.6 is 0 Å². The number of carboxylic acids is 1. The molecular weight excluding hydrogens is 464 g/mol. The van der Waals surface area contributed by atoms with Crippen LogP contribution in [0.1, 0.15) is 47.5 Å². The summed E-state index contributed by atoms with van der Waals surface area (Å²) in [5, 5.41) is 18.4. The van der Waals surface area contributed by atoms with Gasteiger partial charge in [-0.1, -0.05) is 27.7 Å². The molecule has 0 spiro atoms. The molecule has 0 aromatic heterocycles. The molecule has 0 fully saturated rings. The quantitative estimate of drug-likeness (QED) is 0.114. The molecule has 0 unspecified atom stereocenters. The minimum absolute atomic E-state index is 0.269. The molecule has 0 bridgehead atoms. The summed E-state index contributed by atoms with van der Waals surface area (Å²) in [6, 6.07) is -6.00. The molecule has 5 atom stereocenters. The average Bonchev–Trinajstić information content (AvgIpc) is 2.74. The molecule has 0 heterocycles. The largest absolute Gasteiger partial charge is 0.481 e. The van der Waals surface area contributed by atoms with Crippen molar-refractivity contribution in [1.29, 1.82) is 0 Å². The van der Waals surface area contributed by atoms with Crippen molar-refractivity contribution in [3.8, 4) is 0 Å². The van der Waals surface area contributed by atoms with Crippen molar-refractivity contribution in [1.82, 2.24) is 21.3 Å². The molecule has 0 radical (unpaired) electrons. The van der Waals surface area contributed by atoms with E-state index < -0.39 is 84.5 Å². The van der Waals surface area contributed by atoms with Crippen molar-refractivity contribution >= 4 is 41.8 Å². The van der Waals surface area contributed by atoms with Crippen molar-refractivity contribution in [2.75, 3.05) is 0 Å². The predicted molar refractivity (Wildman–Crippen MR) is 123 cm³/mol. The van der Waals surface area contributed by atoms with Gasteiger partial charge in [0.1, 0.15) is 24.4 Å². The monoisotopic (exact) mass is 500 g/mol. The molecule has 0 rings (SSSR count). The zero-order chi connectivity index (χ0) is 27.5. The number of aliphatic carboxylic acids is 1. The lowest BCUT2D eigenvalue weighted by molar-refractivity contribution is -0.141. The maximum absolute atomic E-state index is 12.6. The van der Waals surface area contributed by atoms with Crippen molar-refractivity contribution in [2.24, 2.45) is 23.3 Å². The highest BCUT2D eigenvalue weighted by molar-refractivity contribution is 5.96. The van der Waals surface area contributed by atoms with Crippen LogP contribution in [0.4, 0.5) is 0 Å². The van der Waals surface area contributed by atoms with Crippen molar-refractivity contribution in [2.45, 2.75) is 77.7 Å². The van der Waals surface area contributed by atoms with Crippen LogP contribution in [0.3, 0.4) is 0 Å². The number of nitrogens with two attached hydrogens (primary N) is 2. The Labute approximate surface area is 203 Å². The van der Waals surface area contributed by atoms with Crippen molar-refractivity contribution in [3.05, 3.63) is 0 Å². The normalized spacial score (nSPS) is 15.2. The fraction of sp³-hybridized carbons (Fsp3) is 0.667. The minimum atomic E-state index is -1.49. The fourth-order valence-corrected chi connectivity index (χ4v) is 2.77. The second kappa shape index (κ2) is 14.7. The number of carboxylic acid groups (broad SMARTS) is 1. The van der Waals surface area contributed by atoms with Crippen LogP contribution in [-0.2, 0) is 33.6 Å². The number of hydrogen-bond donors (Lipinski definition) is 7. The Morgan fingerprint density at radius 1 is 0.771 bits per heavy atom. The van der Waals surface area contributed by atoms with E-state index in [9.17, 15) is 33.6 Å². The summed E-state index contributed by atoms with van der Waals surface area (Å²) in [6.07, 6.45) is -0.828. The predicted octanol–water partition coefficient (Wildman–Crippen LogP) is -2.87. The third-order valence-electron chi connectivity index (χ3n) is 4.94. The molecule has 5 amide bonds. The van der Waals surface area contributed by atoms with Gasteiger partial charge in [-0.25, -0.2) is 0 Å². The average molecular weight is 501 g/mol. The maximum atomic E-state index is 12.6. The smallest absolute Gasteiger partial charge is 0.305 e. The summed E-state index contributed by atoms with van der Waals surface area (Å²) >= 11 is 0. The van der Waals surface area contributed by atoms with E-state index in [0.29, 0.717) is 6.29 Å². The molecule has 14 nitrogen and oxygen atoms in total. The number of aldehydes is 1. The number of carbonyl (C=O) groups is 7. The summed E-state index contributed by atoms with van der Waals surface area (Å²) < 4.78 is 0. The molecule has 0 aromatic carbocycles. The zero-order valence-electron chi connectivity index (χ0n) is 20.5. The molecule has 9 N–H and O–H groups in total. The van der Waals surface area contributed by atoms with Crippen molar-refractivity contribution in [3.63, 3.8) is 0 Å². The van der Waals surface area contributed by atoms with E-state index in [1.807, 2.05) is 0 Å². The number of hydrogen-bond acceptors (Lipinski definition) is 8. The summed E-state index contributed by atoms with van der Waals surface area (Å²) in [5.41, 5.74) is 10.8. The first-order chi connectivity index (χ1) is 16.1. The summed E-state index contributed by atoms with van der Waals surface area (Å²) in [4.78, 5) is 83.2. The summed E-state index contributed by atoms with van der Waals surface area (Å²) in [5.74, 6) is -6.08. The van der Waals surface area contributed by atoms with E-state index in [1.54, 1.807) is 27.7 Å². The summed E-state index contributed by atoms with van der Waals surface area (Å²) in [6.45, 7) is 7.89. The topological polar surface area (TPSA) is 240 Å². The second-order valence-electron chi connectivity index (χ2n) is 8.81. The van der Waals surface area contributed by atoms with Gasteiger partial charge in [-0.2, -0.15) is 0 Å². The van der Waals surface area contributed by atoms with E-state index in [2.05, 4.69) is 21.3 Å². The van der Waals surface area contributed by atoms with E-state index >= 15 is 0 Å². The van der Waals surface area contributed by atoms with Crippen LogP contribution in [0.5, 0.6) is 0 Å². The highest BCUT2D eigenvalue weighted by Crippen LogP contribution is 2.05. The first kappa shape index (κ1) is 31.4. The number of carbonyl (C=O) groups excluding carboxylic acids is 6. The van der Waals surface area contributed by atoms with E-state index in [0.717, 1.165) is 0 Å². The molecule has 198 valence electrons. The fourth-order valence-electron chi connectivity index (χ4n) is 2.77. The number of nitrogens with one attached hydrogen (secondary N) is 4. The van der Waals surface area contributed by atoms with Crippen LogP contribution in [0.25, 0.3) is 0 Å². The van der Waals surface area contributed by atoms with Gasteiger partial charge in [0.05, 0.1) is 24.9 Å². The number of amides is 5. The van der Waals surface area contributed by atoms with Gasteiger partial charge < -0.3 is 42.6 Å². The Bertz CT molecular complexity index is 816. The van der Waals surface area contributed by atoms with Gasteiger partial charge in [-0.15, -0.1) is 0 Å². The number of primary amides is 1. The van der Waals surface area contributed by atoms with Crippen LogP contribution in [0.2, 0.25) is 0 Å². The third kappa shape index (κ3) is 11.4. The standard InChI is InChI=1S/C21H36N6O8/c1-9(2)16(23)20(34)26-13(7-15(30)31)19(33)24-11(5)18(32)27-17(10(3)4)21(35)25-12(8-28)6-14(22)29/h8-13,16-17H,6-7,23H2,1-5H3,(H2,22,29)(H,24,33)(H,25,35)(H,26,34)(H,27,32)(H,30,31)/t11-,12-,13-,16-,17-/m0/s1. The molecule has 35 heavy (non-hydrogen) atoms. The first-order valence-electron chi connectivity index (χ1n) is 11.0. The number of rotatable bonds is 15. The Kier molecular flexibility index (Phi) is 13.2. The van der Waals surface area contributed by atoms with Crippen LogP contribution in [0, 0.1) is 11.8 Å². The molecular formula is C21H36N6O8. The van der Waals surface area contributed by atoms with Gasteiger partial charge in [0, 0.05) is 0 Å². The maximum Gasteiger partial charge on any atom is 0.305 e. The third-order valence-corrected chi connectivity index (χ3v) is 4.94. The molecule has 0 saturated heterocycles. The Morgan fingerprint density at radius 3 is 1.77 bits per heavy atom. The van der Waals surface area contributed by atoms with Gasteiger partial charge in [0.2, 0.25) is 29.5 Å². The molecule has 0 aromatic rings. The van der Waals surface area contributed by atoms with Gasteiger partial charge in [-0.05, 0) is 18.8 Å². The Morgan fingerprint density at radius 2 is 1.34 bits per heavy atom. The minimum Gasteiger partial charge on any atom is -0.481 e. The summed E-state index contributed by atoms with van der Waals surface area (Å²) in [7, 11) is 0. The lowest BCUT2D eigenvalue weighted by atomic mass is 10.0. The molecule has 0 aliphatic rings. The van der Waals surface area contributed by atoms with E-state index in [1.165, 1.54) is 6.92 Å². The zero-order valence-corrected chi connectivity index (χ0v) is 20.5. The van der Waals surface area contributed by atoms with E-state index in [4.69, 9.17) is 16.6 Å². The van der Waals surface area contributed by atoms with Gasteiger partial charge in [-0.3, -0.25) is 28.8 Å². The lowest BCUT2D eigenvalue weighted by Crippen LogP contribution is -2.59.